The topological polar surface area (TPSA) is 71.4 Å². The molecule has 0 saturated carbocycles. The van der Waals surface area contributed by atoms with E-state index in [-0.39, 0.29) is 0 Å². The second-order valence-corrected chi connectivity index (χ2v) is 2.28. The SMILES string of the molecule is CC(C#N)C(C)(C#N)C#N. The molecular weight excluding hydrogens is 126 g/mol. The molecule has 0 aliphatic rings. The maximum Gasteiger partial charge on any atom is 0.156 e. The van der Waals surface area contributed by atoms with Gasteiger partial charge in [-0.05, 0) is 13.8 Å². The summed E-state index contributed by atoms with van der Waals surface area (Å²) >= 11 is 0. The van der Waals surface area contributed by atoms with Crippen LogP contribution in [-0.4, -0.2) is 0 Å². The molecule has 0 saturated heterocycles. The lowest BCUT2D eigenvalue weighted by Gasteiger charge is -2.12. The zero-order valence-corrected chi connectivity index (χ0v) is 5.92. The molecule has 0 aliphatic carbocycles. The van der Waals surface area contributed by atoms with Crippen molar-refractivity contribution in [2.75, 3.05) is 0 Å². The van der Waals surface area contributed by atoms with E-state index < -0.39 is 11.3 Å². The molecular formula is C7H7N3. The van der Waals surface area contributed by atoms with Crippen molar-refractivity contribution in [1.29, 1.82) is 15.8 Å². The zero-order valence-electron chi connectivity index (χ0n) is 5.92. The number of rotatable bonds is 1. The summed E-state index contributed by atoms with van der Waals surface area (Å²) in [6.07, 6.45) is 0. The molecule has 50 valence electrons. The third-order valence-corrected chi connectivity index (χ3v) is 1.52. The highest BCUT2D eigenvalue weighted by Crippen LogP contribution is 2.23. The van der Waals surface area contributed by atoms with Crippen LogP contribution in [0.3, 0.4) is 0 Å². The normalized spacial score (nSPS) is 12.3. The fraction of sp³-hybridized carbons (Fsp3) is 0.571. The largest absolute Gasteiger partial charge is 0.198 e. The van der Waals surface area contributed by atoms with Gasteiger partial charge in [-0.15, -0.1) is 0 Å². The third-order valence-electron chi connectivity index (χ3n) is 1.52. The molecule has 0 aromatic carbocycles. The molecule has 0 heterocycles. The van der Waals surface area contributed by atoms with Gasteiger partial charge >= 0.3 is 0 Å². The lowest BCUT2D eigenvalue weighted by Crippen LogP contribution is -2.19. The van der Waals surface area contributed by atoms with Gasteiger partial charge in [0.25, 0.3) is 0 Å². The van der Waals surface area contributed by atoms with E-state index in [4.69, 9.17) is 15.8 Å². The van der Waals surface area contributed by atoms with Crippen molar-refractivity contribution in [2.24, 2.45) is 11.3 Å². The summed E-state index contributed by atoms with van der Waals surface area (Å²) in [5.41, 5.74) is -1.16. The highest BCUT2D eigenvalue weighted by molar-refractivity contribution is 5.17. The minimum atomic E-state index is -1.16. The van der Waals surface area contributed by atoms with Crippen LogP contribution in [0.15, 0.2) is 0 Å². The van der Waals surface area contributed by atoms with Gasteiger partial charge in [0.05, 0.1) is 24.1 Å². The van der Waals surface area contributed by atoms with Crippen LogP contribution < -0.4 is 0 Å². The summed E-state index contributed by atoms with van der Waals surface area (Å²) in [7, 11) is 0. The smallest absolute Gasteiger partial charge is 0.156 e. The Morgan fingerprint density at radius 1 is 1.20 bits per heavy atom. The first-order chi connectivity index (χ1) is 4.60. The fourth-order valence-electron chi connectivity index (χ4n) is 0.348. The van der Waals surface area contributed by atoms with Crippen LogP contribution >= 0.6 is 0 Å². The van der Waals surface area contributed by atoms with E-state index in [1.165, 1.54) is 6.92 Å². The van der Waals surface area contributed by atoms with E-state index in [1.807, 2.05) is 6.07 Å². The Kier molecular flexibility index (Phi) is 2.42. The second-order valence-electron chi connectivity index (χ2n) is 2.28. The summed E-state index contributed by atoms with van der Waals surface area (Å²) < 4.78 is 0. The summed E-state index contributed by atoms with van der Waals surface area (Å²) in [5.74, 6) is -0.539. The molecule has 0 spiro atoms. The van der Waals surface area contributed by atoms with E-state index in [0.29, 0.717) is 0 Å². The van der Waals surface area contributed by atoms with Crippen LogP contribution in [-0.2, 0) is 0 Å². The molecule has 1 unspecified atom stereocenters. The lowest BCUT2D eigenvalue weighted by atomic mass is 9.82. The number of nitrogens with zero attached hydrogens (tertiary/aromatic N) is 3. The fourth-order valence-corrected chi connectivity index (χ4v) is 0.348. The van der Waals surface area contributed by atoms with Crippen LogP contribution in [0.5, 0.6) is 0 Å². The van der Waals surface area contributed by atoms with Gasteiger partial charge in [-0.2, -0.15) is 15.8 Å². The van der Waals surface area contributed by atoms with Gasteiger partial charge < -0.3 is 0 Å². The minimum absolute atomic E-state index is 0.539. The van der Waals surface area contributed by atoms with E-state index in [2.05, 4.69) is 0 Å². The van der Waals surface area contributed by atoms with Gasteiger partial charge in [0.15, 0.2) is 5.41 Å². The zero-order chi connectivity index (χ0) is 8.20. The van der Waals surface area contributed by atoms with E-state index in [9.17, 15) is 0 Å². The first kappa shape index (κ1) is 8.47. The molecule has 0 radical (unpaired) electrons. The van der Waals surface area contributed by atoms with Crippen molar-refractivity contribution >= 4 is 0 Å². The standard InChI is InChI=1S/C7H7N3/c1-6(3-8)7(2,4-9)5-10/h6H,1-2H3. The Balaban J connectivity index is 4.62. The van der Waals surface area contributed by atoms with Gasteiger partial charge in [-0.1, -0.05) is 0 Å². The maximum absolute atomic E-state index is 8.46. The summed E-state index contributed by atoms with van der Waals surface area (Å²) in [6.45, 7) is 3.02. The lowest BCUT2D eigenvalue weighted by molar-refractivity contribution is 0.459. The van der Waals surface area contributed by atoms with Gasteiger partial charge in [-0.3, -0.25) is 0 Å². The molecule has 0 fully saturated rings. The summed E-state index contributed by atoms with van der Waals surface area (Å²) in [5, 5.41) is 25.3. The first-order valence-corrected chi connectivity index (χ1v) is 2.83. The molecule has 10 heavy (non-hydrogen) atoms. The van der Waals surface area contributed by atoms with Gasteiger partial charge in [0.2, 0.25) is 0 Å². The summed E-state index contributed by atoms with van der Waals surface area (Å²) in [4.78, 5) is 0. The van der Waals surface area contributed by atoms with Crippen LogP contribution in [0, 0.1) is 45.3 Å². The van der Waals surface area contributed by atoms with Crippen LogP contribution in [0.1, 0.15) is 13.8 Å². The predicted molar refractivity (Wildman–Crippen MR) is 34.1 cm³/mol. The van der Waals surface area contributed by atoms with Crippen LogP contribution in [0.4, 0.5) is 0 Å². The van der Waals surface area contributed by atoms with Crippen molar-refractivity contribution in [3.63, 3.8) is 0 Å². The van der Waals surface area contributed by atoms with Crippen molar-refractivity contribution in [3.8, 4) is 18.2 Å². The van der Waals surface area contributed by atoms with Crippen molar-refractivity contribution < 1.29 is 0 Å². The Labute approximate surface area is 60.1 Å². The molecule has 3 heteroatoms. The molecule has 0 aromatic heterocycles. The molecule has 3 nitrogen and oxygen atoms in total. The number of nitriles is 3. The van der Waals surface area contributed by atoms with Gasteiger partial charge in [-0.25, -0.2) is 0 Å². The highest BCUT2D eigenvalue weighted by Gasteiger charge is 2.30. The average molecular weight is 133 g/mol. The average Bonchev–Trinajstić information content (AvgIpc) is 2.01. The van der Waals surface area contributed by atoms with E-state index >= 15 is 0 Å². The monoisotopic (exact) mass is 133 g/mol. The highest BCUT2D eigenvalue weighted by atomic mass is 14.4. The minimum Gasteiger partial charge on any atom is -0.198 e. The molecule has 1 atom stereocenters. The Morgan fingerprint density at radius 3 is 1.70 bits per heavy atom. The summed E-state index contributed by atoms with van der Waals surface area (Å²) in [6, 6.07) is 5.45. The third kappa shape index (κ3) is 1.24. The molecule has 0 rings (SSSR count). The predicted octanol–water partition coefficient (Wildman–Crippen LogP) is 1.20. The molecule has 0 N–H and O–H groups in total. The van der Waals surface area contributed by atoms with Crippen LogP contribution in [0.25, 0.3) is 0 Å². The molecule has 0 aromatic rings. The van der Waals surface area contributed by atoms with Crippen molar-refractivity contribution in [1.82, 2.24) is 0 Å². The molecule has 0 bridgehead atoms. The Morgan fingerprint density at radius 2 is 1.60 bits per heavy atom. The molecule has 0 aliphatic heterocycles. The van der Waals surface area contributed by atoms with Crippen molar-refractivity contribution in [2.45, 2.75) is 13.8 Å². The Hall–Kier alpha value is -1.53. The van der Waals surface area contributed by atoms with Gasteiger partial charge in [0.1, 0.15) is 0 Å². The second kappa shape index (κ2) is 2.85. The van der Waals surface area contributed by atoms with E-state index in [0.717, 1.165) is 0 Å². The Bertz CT molecular complexity index is 221. The van der Waals surface area contributed by atoms with Gasteiger partial charge in [0, 0.05) is 0 Å². The van der Waals surface area contributed by atoms with Crippen molar-refractivity contribution in [3.05, 3.63) is 0 Å². The van der Waals surface area contributed by atoms with Crippen LogP contribution in [0.2, 0.25) is 0 Å². The number of hydrogen-bond acceptors (Lipinski definition) is 3. The number of hydrogen-bond donors (Lipinski definition) is 0. The van der Waals surface area contributed by atoms with E-state index in [1.54, 1.807) is 19.1 Å². The molecule has 0 amide bonds. The first-order valence-electron chi connectivity index (χ1n) is 2.83. The maximum atomic E-state index is 8.46. The quantitative estimate of drug-likeness (QED) is 0.539.